The highest BCUT2D eigenvalue weighted by atomic mass is 32.1. The number of carbonyl (C=O) groups excluding carboxylic acids is 4. The molecule has 3 aromatic rings. The molecule has 0 saturated carbocycles. The Morgan fingerprint density at radius 3 is 2.27 bits per heavy atom. The highest BCUT2D eigenvalue weighted by molar-refractivity contribution is 7.52. The zero-order valence-corrected chi connectivity index (χ0v) is 28.8. The number of hydrogen-bond donors (Lipinski definition) is 3. The van der Waals surface area contributed by atoms with E-state index in [-0.39, 0.29) is 47.6 Å². The van der Waals surface area contributed by atoms with Gasteiger partial charge in [-0.1, -0.05) is 57.2 Å². The summed E-state index contributed by atoms with van der Waals surface area (Å²) in [6.07, 6.45) is 0.765. The second kappa shape index (κ2) is 13.3. The van der Waals surface area contributed by atoms with Gasteiger partial charge < -0.3 is 29.8 Å². The van der Waals surface area contributed by atoms with Gasteiger partial charge in [-0.15, -0.1) is 11.3 Å². The average Bonchev–Trinajstić information content (AvgIpc) is 3.70. The molecule has 3 heterocycles. The van der Waals surface area contributed by atoms with Crippen LogP contribution < -0.4 is 5.32 Å². The second-order valence-corrected chi connectivity index (χ2v) is 16.1. The fourth-order valence-corrected chi connectivity index (χ4v) is 7.66. The number of hydrogen-bond acceptors (Lipinski definition) is 6. The van der Waals surface area contributed by atoms with Crippen LogP contribution in [0.5, 0.6) is 0 Å². The monoisotopic (exact) mass is 704 g/mol. The molecule has 3 N–H and O–H groups in total. The van der Waals surface area contributed by atoms with Gasteiger partial charge in [-0.05, 0) is 41.0 Å². The predicted molar refractivity (Wildman–Crippen MR) is 177 cm³/mol. The highest BCUT2D eigenvalue weighted by Gasteiger charge is 2.50. The lowest BCUT2D eigenvalue weighted by Crippen LogP contribution is -2.65. The van der Waals surface area contributed by atoms with E-state index in [1.165, 1.54) is 24.0 Å². The van der Waals surface area contributed by atoms with E-state index in [9.17, 15) is 32.5 Å². The van der Waals surface area contributed by atoms with Crippen molar-refractivity contribution in [3.8, 4) is 0 Å². The first-order chi connectivity index (χ1) is 22.4. The Morgan fingerprint density at radius 2 is 1.65 bits per heavy atom. The number of rotatable bonds is 7. The first-order valence-corrected chi connectivity index (χ1v) is 18.0. The number of amides is 4. The number of nitrogens with zero attached hydrogens (tertiary/aromatic N) is 3. The zero-order chi connectivity index (χ0) is 35.2. The van der Waals surface area contributed by atoms with Crippen LogP contribution in [0.2, 0.25) is 0 Å². The van der Waals surface area contributed by atoms with Crippen molar-refractivity contribution in [2.45, 2.75) is 57.8 Å². The molecule has 2 saturated heterocycles. The van der Waals surface area contributed by atoms with E-state index in [2.05, 4.69) is 5.32 Å². The SMILES string of the molecule is CC(=O)N1CCN(C(=O)C(NC(=O)c2cc3cc(C(F)(F)P(=O)(O)O)ccc3s2)C(C)(C)C)[C@H](C(=O)N2CC[C@@H](c3ccccc3)C2)C1. The van der Waals surface area contributed by atoms with Crippen molar-refractivity contribution in [1.29, 1.82) is 0 Å². The molecule has 3 atom stereocenters. The lowest BCUT2D eigenvalue weighted by atomic mass is 9.85. The number of alkyl halides is 2. The third-order valence-electron chi connectivity index (χ3n) is 9.01. The molecule has 48 heavy (non-hydrogen) atoms. The van der Waals surface area contributed by atoms with Gasteiger partial charge in [0.15, 0.2) is 0 Å². The molecule has 5 rings (SSSR count). The van der Waals surface area contributed by atoms with Crippen LogP contribution >= 0.6 is 18.9 Å². The van der Waals surface area contributed by atoms with Gasteiger partial charge in [0.1, 0.15) is 12.1 Å². The lowest BCUT2D eigenvalue weighted by Gasteiger charge is -2.44. The zero-order valence-electron chi connectivity index (χ0n) is 27.1. The van der Waals surface area contributed by atoms with Crippen LogP contribution in [0.15, 0.2) is 54.6 Å². The molecule has 2 aliphatic heterocycles. The highest BCUT2D eigenvalue weighted by Crippen LogP contribution is 2.59. The van der Waals surface area contributed by atoms with E-state index in [0.29, 0.717) is 17.8 Å². The Kier molecular flexibility index (Phi) is 9.86. The molecular formula is C33H39F2N4O7PS. The van der Waals surface area contributed by atoms with Crippen LogP contribution in [-0.2, 0) is 24.6 Å². The van der Waals surface area contributed by atoms with Crippen LogP contribution in [0.1, 0.15) is 60.8 Å². The number of carbonyl (C=O) groups is 4. The van der Waals surface area contributed by atoms with Crippen LogP contribution in [0, 0.1) is 5.41 Å². The Balaban J connectivity index is 1.38. The smallest absolute Gasteiger partial charge is 0.340 e. The molecule has 2 aliphatic rings. The summed E-state index contributed by atoms with van der Waals surface area (Å²) in [7, 11) is -5.79. The molecule has 0 spiro atoms. The van der Waals surface area contributed by atoms with Crippen LogP contribution in [-0.4, -0.2) is 92.9 Å². The maximum atomic E-state index is 14.3. The van der Waals surface area contributed by atoms with E-state index >= 15 is 0 Å². The molecule has 2 aromatic carbocycles. The molecule has 1 aromatic heterocycles. The topological polar surface area (TPSA) is 148 Å². The standard InChI is InChI=1S/C33H39F2N4O7PS/c1-20(40)37-14-15-39(25(19-37)30(42)38-13-12-22(18-38)21-8-6-5-7-9-21)31(43)28(32(2,3)4)36-29(41)27-17-23-16-24(10-11-26(23)48-27)33(34,35)47(44,45)46/h5-11,16-17,22,25,28H,12-15,18-19H2,1-4H3,(H,36,41)(H2,44,45,46)/t22-,25+,28?/m1/s1. The van der Waals surface area contributed by atoms with Crippen molar-refractivity contribution in [1.82, 2.24) is 20.0 Å². The fourth-order valence-electron chi connectivity index (χ4n) is 6.24. The number of likely N-dealkylation sites (tertiary alicyclic amines) is 1. The van der Waals surface area contributed by atoms with Gasteiger partial charge in [0, 0.05) is 49.3 Å². The van der Waals surface area contributed by atoms with E-state index in [1.54, 1.807) is 30.6 Å². The third kappa shape index (κ3) is 7.17. The lowest BCUT2D eigenvalue weighted by molar-refractivity contribution is -0.154. The van der Waals surface area contributed by atoms with Crippen LogP contribution in [0.25, 0.3) is 10.1 Å². The van der Waals surface area contributed by atoms with Gasteiger partial charge in [-0.25, -0.2) is 0 Å². The Bertz CT molecular complexity index is 1770. The van der Waals surface area contributed by atoms with Crippen molar-refractivity contribution in [3.05, 3.63) is 70.6 Å². The number of halogens is 2. The molecule has 11 nitrogen and oxygen atoms in total. The number of thiophene rings is 1. The Hall–Kier alpha value is -3.71. The van der Waals surface area contributed by atoms with Gasteiger partial charge >= 0.3 is 13.3 Å². The maximum Gasteiger partial charge on any atom is 0.399 e. The molecule has 4 amide bonds. The minimum Gasteiger partial charge on any atom is -0.340 e. The second-order valence-electron chi connectivity index (χ2n) is 13.4. The van der Waals surface area contributed by atoms with Crippen molar-refractivity contribution >= 4 is 52.6 Å². The van der Waals surface area contributed by atoms with Gasteiger partial charge in [0.05, 0.1) is 11.4 Å². The van der Waals surface area contributed by atoms with Gasteiger partial charge in [0.2, 0.25) is 17.7 Å². The Morgan fingerprint density at radius 1 is 0.958 bits per heavy atom. The average molecular weight is 705 g/mol. The summed E-state index contributed by atoms with van der Waals surface area (Å²) >= 11 is 0.975. The summed E-state index contributed by atoms with van der Waals surface area (Å²) in [6, 6.07) is 12.3. The normalized spacial score (nSPS) is 19.8. The molecule has 15 heteroatoms. The minimum absolute atomic E-state index is 0.0229. The van der Waals surface area contributed by atoms with Crippen LogP contribution in [0.4, 0.5) is 8.78 Å². The molecule has 0 radical (unpaired) electrons. The number of piperazine rings is 1. The molecule has 0 aliphatic carbocycles. The van der Waals surface area contributed by atoms with Crippen molar-refractivity contribution in [2.24, 2.45) is 5.41 Å². The summed E-state index contributed by atoms with van der Waals surface area (Å²) in [4.78, 5) is 77.4. The Labute approximate surface area is 281 Å². The first-order valence-electron chi connectivity index (χ1n) is 15.6. The number of benzene rings is 2. The minimum atomic E-state index is -5.79. The van der Waals surface area contributed by atoms with Gasteiger partial charge in [-0.3, -0.25) is 23.7 Å². The maximum absolute atomic E-state index is 14.3. The molecule has 0 bridgehead atoms. The van der Waals surface area contributed by atoms with Crippen LogP contribution in [0.3, 0.4) is 0 Å². The number of nitrogens with one attached hydrogen (secondary N) is 1. The molecular weight excluding hydrogens is 665 g/mol. The van der Waals surface area contributed by atoms with Gasteiger partial charge in [-0.2, -0.15) is 8.78 Å². The fraction of sp³-hybridized carbons (Fsp3) is 0.455. The summed E-state index contributed by atoms with van der Waals surface area (Å²) < 4.78 is 40.5. The molecule has 2 fully saturated rings. The van der Waals surface area contributed by atoms with E-state index < -0.39 is 48.1 Å². The van der Waals surface area contributed by atoms with Crippen molar-refractivity contribution in [3.63, 3.8) is 0 Å². The number of fused-ring (bicyclic) bond motifs is 1. The molecule has 258 valence electrons. The van der Waals surface area contributed by atoms with E-state index in [4.69, 9.17) is 9.79 Å². The van der Waals surface area contributed by atoms with E-state index in [0.717, 1.165) is 35.5 Å². The van der Waals surface area contributed by atoms with Crippen molar-refractivity contribution in [2.75, 3.05) is 32.7 Å². The third-order valence-corrected chi connectivity index (χ3v) is 11.1. The summed E-state index contributed by atoms with van der Waals surface area (Å²) in [6.45, 7) is 8.04. The largest absolute Gasteiger partial charge is 0.399 e. The van der Waals surface area contributed by atoms with Gasteiger partial charge in [0.25, 0.3) is 5.91 Å². The summed E-state index contributed by atoms with van der Waals surface area (Å²) in [5, 5.41) is 2.97. The van der Waals surface area contributed by atoms with Crippen molar-refractivity contribution < 1.29 is 42.3 Å². The predicted octanol–water partition coefficient (Wildman–Crippen LogP) is 4.35. The first kappa shape index (κ1) is 35.6. The summed E-state index contributed by atoms with van der Waals surface area (Å²) in [5.74, 6) is -1.47. The summed E-state index contributed by atoms with van der Waals surface area (Å²) in [5.41, 5.74) is -4.99. The quantitative estimate of drug-likeness (QED) is 0.310. The molecule has 1 unspecified atom stereocenters. The van der Waals surface area contributed by atoms with E-state index in [1.807, 2.05) is 30.3 Å².